The second kappa shape index (κ2) is 11.3. The summed E-state index contributed by atoms with van der Waals surface area (Å²) < 4.78 is 39.3. The lowest BCUT2D eigenvalue weighted by Crippen LogP contribution is -2.51. The normalized spacial score (nSPS) is 15.7. The lowest BCUT2D eigenvalue weighted by atomic mass is 10.1. The molecule has 1 saturated heterocycles. The molecule has 5 rings (SSSR count). The highest BCUT2D eigenvalue weighted by Gasteiger charge is 2.30. The largest absolute Gasteiger partial charge is 0.454 e. The van der Waals surface area contributed by atoms with Gasteiger partial charge in [0.2, 0.25) is 22.7 Å². The molecular weight excluding hydrogens is 526 g/mol. The molecule has 2 heterocycles. The third-order valence-electron chi connectivity index (χ3n) is 6.84. The molecule has 8 nitrogen and oxygen atoms in total. The minimum Gasteiger partial charge on any atom is -0.454 e. The van der Waals surface area contributed by atoms with Gasteiger partial charge in [0, 0.05) is 44.3 Å². The lowest BCUT2D eigenvalue weighted by molar-refractivity contribution is -0.133. The number of hydrogen-bond donors (Lipinski definition) is 0. The van der Waals surface area contributed by atoms with E-state index in [1.807, 2.05) is 25.1 Å². The fraction of sp³-hybridized carbons (Fsp3) is 0.321. The molecule has 0 aliphatic carbocycles. The van der Waals surface area contributed by atoms with Crippen LogP contribution in [0.1, 0.15) is 16.7 Å². The summed E-state index contributed by atoms with van der Waals surface area (Å²) in [5.41, 5.74) is 2.71. The SMILES string of the molecule is Cc1ccc(S(=O)(=O)N(CC(=O)N2CCN(Cc3ccc4c(c3)OCO4)CC2)Cc2ccccc2Cl)cc1. The molecule has 0 bridgehead atoms. The molecule has 3 aromatic carbocycles. The van der Waals surface area contributed by atoms with Crippen LogP contribution in [0.3, 0.4) is 0 Å². The van der Waals surface area contributed by atoms with Crippen LogP contribution in [0.5, 0.6) is 11.5 Å². The van der Waals surface area contributed by atoms with Gasteiger partial charge in [-0.25, -0.2) is 8.42 Å². The second-order valence-electron chi connectivity index (χ2n) is 9.52. The zero-order chi connectivity index (χ0) is 26.7. The number of halogens is 1. The summed E-state index contributed by atoms with van der Waals surface area (Å²) in [6.45, 7) is 5.04. The van der Waals surface area contributed by atoms with E-state index in [-0.39, 0.29) is 30.7 Å². The van der Waals surface area contributed by atoms with Crippen LogP contribution in [-0.4, -0.2) is 67.9 Å². The first-order valence-corrected chi connectivity index (χ1v) is 14.3. The summed E-state index contributed by atoms with van der Waals surface area (Å²) in [5.74, 6) is 1.28. The summed E-state index contributed by atoms with van der Waals surface area (Å²) in [4.78, 5) is 17.5. The van der Waals surface area contributed by atoms with E-state index in [0.717, 1.165) is 29.2 Å². The number of ether oxygens (including phenoxy) is 2. The molecule has 38 heavy (non-hydrogen) atoms. The fourth-order valence-corrected chi connectivity index (χ4v) is 6.17. The van der Waals surface area contributed by atoms with Gasteiger partial charge in [0.15, 0.2) is 11.5 Å². The van der Waals surface area contributed by atoms with E-state index in [9.17, 15) is 13.2 Å². The van der Waals surface area contributed by atoms with E-state index in [1.165, 1.54) is 4.31 Å². The van der Waals surface area contributed by atoms with E-state index < -0.39 is 10.0 Å². The number of benzene rings is 3. The zero-order valence-electron chi connectivity index (χ0n) is 21.2. The third-order valence-corrected chi connectivity index (χ3v) is 9.02. The van der Waals surface area contributed by atoms with Crippen LogP contribution in [0.4, 0.5) is 0 Å². The molecule has 0 spiro atoms. The number of hydrogen-bond acceptors (Lipinski definition) is 6. The fourth-order valence-electron chi connectivity index (χ4n) is 4.61. The molecule has 2 aliphatic heterocycles. The van der Waals surface area contributed by atoms with Crippen LogP contribution in [-0.2, 0) is 27.9 Å². The minimum absolute atomic E-state index is 0.00566. The predicted octanol–water partition coefficient (Wildman–Crippen LogP) is 3.91. The lowest BCUT2D eigenvalue weighted by Gasteiger charge is -2.35. The van der Waals surface area contributed by atoms with Gasteiger partial charge in [-0.2, -0.15) is 4.31 Å². The molecular formula is C28H30ClN3O5S. The van der Waals surface area contributed by atoms with Gasteiger partial charge in [0.1, 0.15) is 0 Å². The number of rotatable bonds is 8. The number of nitrogens with zero attached hydrogens (tertiary/aromatic N) is 3. The molecule has 0 saturated carbocycles. The monoisotopic (exact) mass is 555 g/mol. The van der Waals surface area contributed by atoms with Crippen LogP contribution in [0.25, 0.3) is 0 Å². The minimum atomic E-state index is -3.93. The Bertz CT molecular complexity index is 1410. The molecule has 0 aromatic heterocycles. The van der Waals surface area contributed by atoms with Crippen molar-refractivity contribution in [2.45, 2.75) is 24.9 Å². The van der Waals surface area contributed by atoms with Crippen molar-refractivity contribution in [2.75, 3.05) is 39.5 Å². The zero-order valence-corrected chi connectivity index (χ0v) is 22.7. The number of sulfonamides is 1. The Kier molecular flexibility index (Phi) is 7.90. The van der Waals surface area contributed by atoms with Crippen LogP contribution in [0.15, 0.2) is 71.6 Å². The van der Waals surface area contributed by atoms with Crippen molar-refractivity contribution < 1.29 is 22.7 Å². The van der Waals surface area contributed by atoms with Gasteiger partial charge >= 0.3 is 0 Å². The smallest absolute Gasteiger partial charge is 0.243 e. The average Bonchev–Trinajstić information content (AvgIpc) is 3.38. The Labute approximate surface area is 228 Å². The standard InChI is InChI=1S/C28H30ClN3O5S/c1-21-6-9-24(10-7-21)38(34,35)32(18-23-4-2-3-5-25(23)29)19-28(33)31-14-12-30(13-15-31)17-22-8-11-26-27(16-22)37-20-36-26/h2-11,16H,12-15,17-20H2,1H3. The maximum Gasteiger partial charge on any atom is 0.243 e. The molecule has 10 heteroatoms. The molecule has 0 N–H and O–H groups in total. The van der Waals surface area contributed by atoms with Crippen LogP contribution < -0.4 is 9.47 Å². The molecule has 0 radical (unpaired) electrons. The van der Waals surface area contributed by atoms with Gasteiger partial charge in [-0.3, -0.25) is 9.69 Å². The summed E-state index contributed by atoms with van der Waals surface area (Å²) in [5, 5.41) is 0.459. The van der Waals surface area contributed by atoms with Crippen LogP contribution >= 0.6 is 11.6 Å². The van der Waals surface area contributed by atoms with Gasteiger partial charge < -0.3 is 14.4 Å². The van der Waals surface area contributed by atoms with Gasteiger partial charge in [-0.1, -0.05) is 53.6 Å². The Balaban J connectivity index is 1.26. The van der Waals surface area contributed by atoms with Crippen molar-refractivity contribution in [1.29, 1.82) is 0 Å². The highest BCUT2D eigenvalue weighted by Crippen LogP contribution is 2.33. The van der Waals surface area contributed by atoms with Crippen molar-refractivity contribution in [1.82, 2.24) is 14.1 Å². The Morgan fingerprint density at radius 3 is 2.39 bits per heavy atom. The van der Waals surface area contributed by atoms with E-state index in [2.05, 4.69) is 4.90 Å². The second-order valence-corrected chi connectivity index (χ2v) is 11.9. The van der Waals surface area contributed by atoms with Crippen molar-refractivity contribution in [3.63, 3.8) is 0 Å². The highest BCUT2D eigenvalue weighted by atomic mass is 35.5. The quantitative estimate of drug-likeness (QED) is 0.419. The van der Waals surface area contributed by atoms with E-state index in [4.69, 9.17) is 21.1 Å². The molecule has 2 aliphatic rings. The van der Waals surface area contributed by atoms with Crippen molar-refractivity contribution in [3.8, 4) is 11.5 Å². The third kappa shape index (κ3) is 5.96. The average molecular weight is 556 g/mol. The van der Waals surface area contributed by atoms with Crippen molar-refractivity contribution >= 4 is 27.5 Å². The molecule has 1 fully saturated rings. The molecule has 1 amide bonds. The number of carbonyl (C=O) groups is 1. The number of fused-ring (bicyclic) bond motifs is 1. The van der Waals surface area contributed by atoms with Gasteiger partial charge in [0.05, 0.1) is 11.4 Å². The van der Waals surface area contributed by atoms with Crippen LogP contribution in [0.2, 0.25) is 5.02 Å². The Morgan fingerprint density at radius 1 is 0.947 bits per heavy atom. The Hall–Kier alpha value is -3.11. The number of amides is 1. The van der Waals surface area contributed by atoms with E-state index in [1.54, 1.807) is 53.4 Å². The topological polar surface area (TPSA) is 79.4 Å². The van der Waals surface area contributed by atoms with Crippen molar-refractivity contribution in [2.24, 2.45) is 0 Å². The first-order valence-electron chi connectivity index (χ1n) is 12.5. The molecule has 0 atom stereocenters. The number of piperazine rings is 1. The van der Waals surface area contributed by atoms with Crippen molar-refractivity contribution in [3.05, 3.63) is 88.4 Å². The maximum atomic E-state index is 13.6. The molecule has 3 aromatic rings. The summed E-state index contributed by atoms with van der Waals surface area (Å²) in [7, 11) is -3.93. The molecule has 200 valence electrons. The van der Waals surface area contributed by atoms with E-state index >= 15 is 0 Å². The van der Waals surface area contributed by atoms with E-state index in [0.29, 0.717) is 36.8 Å². The Morgan fingerprint density at radius 2 is 1.66 bits per heavy atom. The van der Waals surface area contributed by atoms with Gasteiger partial charge in [0.25, 0.3) is 0 Å². The number of aryl methyl sites for hydroxylation is 1. The first-order chi connectivity index (χ1) is 18.3. The summed E-state index contributed by atoms with van der Waals surface area (Å²) in [6, 6.07) is 19.7. The van der Waals surface area contributed by atoms with Crippen LogP contribution in [0, 0.1) is 6.92 Å². The van der Waals surface area contributed by atoms with Gasteiger partial charge in [-0.05, 0) is 48.4 Å². The predicted molar refractivity (Wildman–Crippen MR) is 145 cm³/mol. The highest BCUT2D eigenvalue weighted by molar-refractivity contribution is 7.89. The summed E-state index contributed by atoms with van der Waals surface area (Å²) in [6.07, 6.45) is 0. The van der Waals surface area contributed by atoms with Gasteiger partial charge in [-0.15, -0.1) is 0 Å². The maximum absolute atomic E-state index is 13.6. The molecule has 0 unspecified atom stereocenters. The number of carbonyl (C=O) groups excluding carboxylic acids is 1. The summed E-state index contributed by atoms with van der Waals surface area (Å²) >= 11 is 6.35. The first kappa shape index (κ1) is 26.5.